The van der Waals surface area contributed by atoms with Gasteiger partial charge in [-0.2, -0.15) is 18.3 Å². The van der Waals surface area contributed by atoms with Crippen LogP contribution in [-0.2, 0) is 12.6 Å². The van der Waals surface area contributed by atoms with Gasteiger partial charge in [-0.1, -0.05) is 48.5 Å². The molecule has 2 atom stereocenters. The van der Waals surface area contributed by atoms with E-state index in [1.807, 2.05) is 30.3 Å². The second-order valence-electron chi connectivity index (χ2n) is 6.67. The third-order valence-corrected chi connectivity index (χ3v) is 4.51. The number of nitrogens with one attached hydrogen (secondary N) is 1. The first-order chi connectivity index (χ1) is 13.8. The summed E-state index contributed by atoms with van der Waals surface area (Å²) in [4.78, 5) is 12.5. The molecule has 8 heteroatoms. The van der Waals surface area contributed by atoms with Gasteiger partial charge in [0.25, 0.3) is 5.91 Å². The van der Waals surface area contributed by atoms with Crippen LogP contribution in [0.4, 0.5) is 13.2 Å². The van der Waals surface area contributed by atoms with Gasteiger partial charge >= 0.3 is 6.18 Å². The molecule has 1 amide bonds. The Labute approximate surface area is 165 Å². The molecule has 0 aliphatic rings. The number of nitrogens with zero attached hydrogens (tertiary/aromatic N) is 2. The lowest BCUT2D eigenvalue weighted by molar-refractivity contribution is -0.143. The van der Waals surface area contributed by atoms with Gasteiger partial charge in [-0.25, -0.2) is 4.68 Å². The molecule has 2 aromatic carbocycles. The van der Waals surface area contributed by atoms with Crippen LogP contribution in [0.15, 0.2) is 66.9 Å². The summed E-state index contributed by atoms with van der Waals surface area (Å²) in [6, 6.07) is 16.1. The van der Waals surface area contributed by atoms with Crippen LogP contribution in [0.25, 0.3) is 5.69 Å². The molecule has 29 heavy (non-hydrogen) atoms. The molecule has 152 valence electrons. The molecule has 3 rings (SSSR count). The van der Waals surface area contributed by atoms with E-state index in [2.05, 4.69) is 10.4 Å². The van der Waals surface area contributed by atoms with E-state index in [0.717, 1.165) is 11.8 Å². The quantitative estimate of drug-likeness (QED) is 0.661. The normalized spacial score (nSPS) is 13.7. The molecule has 0 spiro atoms. The number of halogens is 3. The molecule has 0 aliphatic heterocycles. The minimum atomic E-state index is -4.79. The first-order valence-corrected chi connectivity index (χ1v) is 9.01. The van der Waals surface area contributed by atoms with Gasteiger partial charge in [-0.05, 0) is 24.6 Å². The smallest absolute Gasteiger partial charge is 0.391 e. The highest BCUT2D eigenvalue weighted by atomic mass is 19.4. The fourth-order valence-electron chi connectivity index (χ4n) is 2.97. The molecule has 3 aromatic rings. The van der Waals surface area contributed by atoms with E-state index in [0.29, 0.717) is 4.68 Å². The molecular formula is C21H20F3N3O2. The molecule has 1 heterocycles. The van der Waals surface area contributed by atoms with Crippen LogP contribution in [0.2, 0.25) is 0 Å². The van der Waals surface area contributed by atoms with Crippen LogP contribution < -0.4 is 5.32 Å². The van der Waals surface area contributed by atoms with Crippen molar-refractivity contribution in [3.8, 4) is 5.69 Å². The molecule has 0 fully saturated rings. The standard InChI is InChI=1S/C21H20F3N3O2/c1-14(18(28)12-15-8-4-2-5-9-15)26-20(29)17-13-25-27(19(17)21(22,23)24)16-10-6-3-7-11-16/h2-11,13-14,18,28H,12H2,1H3,(H,26,29). The Bertz CT molecular complexity index is 956. The van der Waals surface area contributed by atoms with Crippen molar-refractivity contribution >= 4 is 5.91 Å². The number of aliphatic hydroxyl groups is 1. The Morgan fingerprint density at radius 1 is 1.10 bits per heavy atom. The second kappa shape index (κ2) is 8.48. The zero-order valence-corrected chi connectivity index (χ0v) is 15.6. The monoisotopic (exact) mass is 403 g/mol. The number of aliphatic hydroxyl groups excluding tert-OH is 1. The molecule has 5 nitrogen and oxygen atoms in total. The average molecular weight is 403 g/mol. The van der Waals surface area contributed by atoms with E-state index < -0.39 is 35.5 Å². The lowest BCUT2D eigenvalue weighted by atomic mass is 10.0. The third-order valence-electron chi connectivity index (χ3n) is 4.51. The lowest BCUT2D eigenvalue weighted by Crippen LogP contribution is -2.42. The van der Waals surface area contributed by atoms with E-state index in [9.17, 15) is 23.1 Å². The van der Waals surface area contributed by atoms with Crippen molar-refractivity contribution in [1.82, 2.24) is 15.1 Å². The largest absolute Gasteiger partial charge is 0.434 e. The summed E-state index contributed by atoms with van der Waals surface area (Å²) in [5.41, 5.74) is -0.712. The number of amides is 1. The van der Waals surface area contributed by atoms with Crippen LogP contribution in [-0.4, -0.2) is 32.9 Å². The van der Waals surface area contributed by atoms with Crippen molar-refractivity contribution < 1.29 is 23.1 Å². The van der Waals surface area contributed by atoms with Crippen molar-refractivity contribution in [1.29, 1.82) is 0 Å². The van der Waals surface area contributed by atoms with Gasteiger partial charge in [0, 0.05) is 6.42 Å². The number of aromatic nitrogens is 2. The fraction of sp³-hybridized carbons (Fsp3) is 0.238. The summed E-state index contributed by atoms with van der Waals surface area (Å²) in [7, 11) is 0. The molecule has 0 radical (unpaired) electrons. The maximum absolute atomic E-state index is 13.7. The van der Waals surface area contributed by atoms with Gasteiger partial charge in [0.2, 0.25) is 0 Å². The Kier molecular flexibility index (Phi) is 6.03. The minimum Gasteiger partial charge on any atom is -0.391 e. The van der Waals surface area contributed by atoms with Crippen molar-refractivity contribution in [2.24, 2.45) is 0 Å². The second-order valence-corrected chi connectivity index (χ2v) is 6.67. The number of carbonyl (C=O) groups excluding carboxylic acids is 1. The van der Waals surface area contributed by atoms with Crippen LogP contribution in [0, 0.1) is 0 Å². The van der Waals surface area contributed by atoms with Gasteiger partial charge in [0.05, 0.1) is 29.6 Å². The SMILES string of the molecule is CC(NC(=O)c1cnn(-c2ccccc2)c1C(F)(F)F)C(O)Cc1ccccc1. The highest BCUT2D eigenvalue weighted by molar-refractivity contribution is 5.95. The van der Waals surface area contributed by atoms with Crippen molar-refractivity contribution in [2.45, 2.75) is 31.7 Å². The minimum absolute atomic E-state index is 0.191. The van der Waals surface area contributed by atoms with E-state index in [1.165, 1.54) is 12.1 Å². The van der Waals surface area contributed by atoms with E-state index >= 15 is 0 Å². The Hall–Kier alpha value is -3.13. The Morgan fingerprint density at radius 2 is 1.69 bits per heavy atom. The molecule has 2 unspecified atom stereocenters. The summed E-state index contributed by atoms with van der Waals surface area (Å²) in [5.74, 6) is -0.945. The predicted molar refractivity (Wildman–Crippen MR) is 102 cm³/mol. The summed E-state index contributed by atoms with van der Waals surface area (Å²) in [6.45, 7) is 1.54. The Morgan fingerprint density at radius 3 is 2.28 bits per heavy atom. The first kappa shape index (κ1) is 20.6. The number of rotatable bonds is 6. The van der Waals surface area contributed by atoms with Crippen LogP contribution in [0.1, 0.15) is 28.5 Å². The fourth-order valence-corrected chi connectivity index (χ4v) is 2.97. The van der Waals surface area contributed by atoms with E-state index in [1.54, 1.807) is 25.1 Å². The topological polar surface area (TPSA) is 67.2 Å². The predicted octanol–water partition coefficient (Wildman–Crippen LogP) is 3.61. The van der Waals surface area contributed by atoms with Crippen LogP contribution in [0.3, 0.4) is 0 Å². The van der Waals surface area contributed by atoms with Gasteiger partial charge in [-0.15, -0.1) is 0 Å². The molecule has 2 N–H and O–H groups in total. The number of benzene rings is 2. The van der Waals surface area contributed by atoms with Gasteiger partial charge in [0.15, 0.2) is 5.69 Å². The van der Waals surface area contributed by atoms with Crippen LogP contribution in [0.5, 0.6) is 0 Å². The number of carbonyl (C=O) groups is 1. The number of alkyl halides is 3. The maximum atomic E-state index is 13.7. The summed E-state index contributed by atoms with van der Waals surface area (Å²) in [6.07, 6.45) is -4.59. The molecule has 1 aromatic heterocycles. The zero-order chi connectivity index (χ0) is 21.0. The summed E-state index contributed by atoms with van der Waals surface area (Å²) < 4.78 is 41.7. The summed E-state index contributed by atoms with van der Waals surface area (Å²) >= 11 is 0. The third kappa shape index (κ3) is 4.83. The molecule has 0 aliphatic carbocycles. The number of para-hydroxylation sites is 1. The summed E-state index contributed by atoms with van der Waals surface area (Å²) in [5, 5.41) is 16.5. The highest BCUT2D eigenvalue weighted by Crippen LogP contribution is 2.33. The first-order valence-electron chi connectivity index (χ1n) is 9.01. The van der Waals surface area contributed by atoms with Crippen molar-refractivity contribution in [3.63, 3.8) is 0 Å². The van der Waals surface area contributed by atoms with Crippen LogP contribution >= 0.6 is 0 Å². The molecule has 0 bridgehead atoms. The van der Waals surface area contributed by atoms with Gasteiger partial charge in [0.1, 0.15) is 0 Å². The van der Waals surface area contributed by atoms with E-state index in [4.69, 9.17) is 0 Å². The number of hydrogen-bond acceptors (Lipinski definition) is 3. The average Bonchev–Trinajstić information content (AvgIpc) is 3.15. The highest BCUT2D eigenvalue weighted by Gasteiger charge is 2.40. The zero-order valence-electron chi connectivity index (χ0n) is 15.6. The lowest BCUT2D eigenvalue weighted by Gasteiger charge is -2.21. The van der Waals surface area contributed by atoms with Crippen molar-refractivity contribution in [2.75, 3.05) is 0 Å². The van der Waals surface area contributed by atoms with Gasteiger partial charge in [-0.3, -0.25) is 4.79 Å². The van der Waals surface area contributed by atoms with Crippen molar-refractivity contribution in [3.05, 3.63) is 83.7 Å². The Balaban J connectivity index is 1.81. The van der Waals surface area contributed by atoms with Gasteiger partial charge < -0.3 is 10.4 Å². The number of hydrogen-bond donors (Lipinski definition) is 2. The van der Waals surface area contributed by atoms with E-state index in [-0.39, 0.29) is 12.1 Å². The maximum Gasteiger partial charge on any atom is 0.434 e. The molecule has 0 saturated carbocycles. The molecular weight excluding hydrogens is 383 g/mol. The molecule has 0 saturated heterocycles.